The molecule has 0 aromatic heterocycles. The smallest absolute Gasteiger partial charge is 0.128 e. The van der Waals surface area contributed by atoms with E-state index in [2.05, 4.69) is 24.4 Å². The van der Waals surface area contributed by atoms with Gasteiger partial charge in [-0.3, -0.25) is 5.43 Å². The summed E-state index contributed by atoms with van der Waals surface area (Å²) in [6.45, 7) is 4.18. The minimum Gasteiger partial charge on any atom is -0.490 e. The van der Waals surface area contributed by atoms with E-state index < -0.39 is 0 Å². The number of para-hydroxylation sites is 2. The molecular formula is C17H20N2O. The molecule has 0 aliphatic heterocycles. The van der Waals surface area contributed by atoms with Crippen LogP contribution in [-0.2, 0) is 0 Å². The molecule has 0 spiro atoms. The van der Waals surface area contributed by atoms with E-state index in [4.69, 9.17) is 4.74 Å². The van der Waals surface area contributed by atoms with Crippen molar-refractivity contribution in [2.24, 2.45) is 5.10 Å². The Morgan fingerprint density at radius 3 is 2.55 bits per heavy atom. The number of ether oxygens (including phenoxy) is 1. The minimum absolute atomic E-state index is 0.201. The van der Waals surface area contributed by atoms with Crippen LogP contribution in [0.2, 0.25) is 0 Å². The molecule has 3 heteroatoms. The van der Waals surface area contributed by atoms with E-state index >= 15 is 0 Å². The number of hydrazone groups is 1. The zero-order valence-electron chi connectivity index (χ0n) is 11.9. The molecule has 20 heavy (non-hydrogen) atoms. The average molecular weight is 268 g/mol. The molecule has 0 bridgehead atoms. The summed E-state index contributed by atoms with van der Waals surface area (Å²) in [6, 6.07) is 17.8. The van der Waals surface area contributed by atoms with Gasteiger partial charge in [-0.1, -0.05) is 37.3 Å². The van der Waals surface area contributed by atoms with Gasteiger partial charge in [0.25, 0.3) is 0 Å². The average Bonchev–Trinajstić information content (AvgIpc) is 2.50. The van der Waals surface area contributed by atoms with Gasteiger partial charge in [0.1, 0.15) is 5.75 Å². The van der Waals surface area contributed by atoms with Crippen LogP contribution in [0.4, 0.5) is 5.69 Å². The van der Waals surface area contributed by atoms with Crippen LogP contribution in [0.1, 0.15) is 25.8 Å². The van der Waals surface area contributed by atoms with Crippen LogP contribution in [0.15, 0.2) is 59.7 Å². The molecule has 0 aliphatic rings. The van der Waals surface area contributed by atoms with Crippen molar-refractivity contribution in [3.8, 4) is 5.75 Å². The molecule has 3 nitrogen and oxygen atoms in total. The first-order valence-corrected chi connectivity index (χ1v) is 6.89. The summed E-state index contributed by atoms with van der Waals surface area (Å²) in [6.07, 6.45) is 2.96. The van der Waals surface area contributed by atoms with Crippen LogP contribution in [0.3, 0.4) is 0 Å². The van der Waals surface area contributed by atoms with Gasteiger partial charge in [0.05, 0.1) is 18.0 Å². The second kappa shape index (κ2) is 7.34. The molecule has 0 unspecified atom stereocenters. The maximum atomic E-state index is 5.88. The number of hydrogen-bond donors (Lipinski definition) is 1. The van der Waals surface area contributed by atoms with Crippen molar-refractivity contribution in [1.29, 1.82) is 0 Å². The number of anilines is 1. The lowest BCUT2D eigenvalue weighted by Crippen LogP contribution is -2.11. The molecule has 2 aromatic carbocycles. The zero-order valence-corrected chi connectivity index (χ0v) is 11.9. The van der Waals surface area contributed by atoms with E-state index in [-0.39, 0.29) is 6.10 Å². The lowest BCUT2D eigenvalue weighted by atomic mass is 10.2. The highest BCUT2D eigenvalue weighted by molar-refractivity contribution is 5.84. The zero-order chi connectivity index (χ0) is 14.2. The van der Waals surface area contributed by atoms with Crippen molar-refractivity contribution in [3.05, 3.63) is 60.2 Å². The third-order valence-corrected chi connectivity index (χ3v) is 2.99. The molecule has 0 heterocycles. The Bertz CT molecular complexity index is 552. The molecule has 0 amide bonds. The first-order chi connectivity index (χ1) is 9.79. The van der Waals surface area contributed by atoms with Gasteiger partial charge in [0, 0.05) is 5.56 Å². The molecular weight excluding hydrogens is 248 g/mol. The van der Waals surface area contributed by atoms with Crippen molar-refractivity contribution < 1.29 is 4.74 Å². The maximum absolute atomic E-state index is 5.88. The Kier molecular flexibility index (Phi) is 5.18. The summed E-state index contributed by atoms with van der Waals surface area (Å²) < 4.78 is 5.88. The number of rotatable bonds is 6. The lowest BCUT2D eigenvalue weighted by molar-refractivity contribution is 0.217. The summed E-state index contributed by atoms with van der Waals surface area (Å²) >= 11 is 0. The largest absolute Gasteiger partial charge is 0.490 e. The molecule has 104 valence electrons. The summed E-state index contributed by atoms with van der Waals surface area (Å²) in [5.41, 5.74) is 4.93. The predicted octanol–water partition coefficient (Wildman–Crippen LogP) is 4.31. The highest BCUT2D eigenvalue weighted by atomic mass is 16.5. The molecule has 1 atom stereocenters. The molecule has 2 aromatic rings. The standard InChI is InChI=1S/C17H20N2O/c1-3-14(2)20-17-12-8-7-9-15(17)13-18-19-16-10-5-4-6-11-16/h4-14,19H,3H2,1-2H3/b18-13-/t14-/m0/s1. The summed E-state index contributed by atoms with van der Waals surface area (Å²) in [5, 5.41) is 4.25. The molecule has 0 aliphatic carbocycles. The second-order valence-electron chi connectivity index (χ2n) is 4.61. The summed E-state index contributed by atoms with van der Waals surface area (Å²) in [4.78, 5) is 0. The number of benzene rings is 2. The van der Waals surface area contributed by atoms with E-state index in [1.807, 2.05) is 54.6 Å². The van der Waals surface area contributed by atoms with Crippen LogP contribution in [0.25, 0.3) is 0 Å². The minimum atomic E-state index is 0.201. The second-order valence-corrected chi connectivity index (χ2v) is 4.61. The van der Waals surface area contributed by atoms with Crippen molar-refractivity contribution in [1.82, 2.24) is 0 Å². The Labute approximate surface area is 120 Å². The van der Waals surface area contributed by atoms with Gasteiger partial charge in [0.2, 0.25) is 0 Å². The molecule has 0 radical (unpaired) electrons. The van der Waals surface area contributed by atoms with Crippen molar-refractivity contribution in [3.63, 3.8) is 0 Å². The molecule has 2 rings (SSSR count). The van der Waals surface area contributed by atoms with Crippen molar-refractivity contribution in [2.45, 2.75) is 26.4 Å². The molecule has 0 fully saturated rings. The predicted molar refractivity (Wildman–Crippen MR) is 84.5 cm³/mol. The highest BCUT2D eigenvalue weighted by Crippen LogP contribution is 2.18. The Hall–Kier alpha value is -2.29. The van der Waals surface area contributed by atoms with Crippen molar-refractivity contribution >= 4 is 11.9 Å². The van der Waals surface area contributed by atoms with E-state index in [1.165, 1.54) is 0 Å². The SMILES string of the molecule is CC[C@H](C)Oc1ccccc1/C=N\Nc1ccccc1. The molecule has 0 saturated carbocycles. The van der Waals surface area contributed by atoms with E-state index in [0.717, 1.165) is 23.4 Å². The fourth-order valence-electron chi connectivity index (χ4n) is 1.68. The van der Waals surface area contributed by atoms with E-state index in [1.54, 1.807) is 6.21 Å². The third-order valence-electron chi connectivity index (χ3n) is 2.99. The number of hydrogen-bond acceptors (Lipinski definition) is 3. The Balaban J connectivity index is 2.05. The van der Waals surface area contributed by atoms with Gasteiger partial charge in [-0.15, -0.1) is 0 Å². The van der Waals surface area contributed by atoms with Gasteiger partial charge < -0.3 is 4.74 Å². The van der Waals surface area contributed by atoms with Gasteiger partial charge >= 0.3 is 0 Å². The van der Waals surface area contributed by atoms with E-state index in [9.17, 15) is 0 Å². The Morgan fingerprint density at radius 1 is 1.10 bits per heavy atom. The van der Waals surface area contributed by atoms with E-state index in [0.29, 0.717) is 0 Å². The number of nitrogens with one attached hydrogen (secondary N) is 1. The summed E-state index contributed by atoms with van der Waals surface area (Å²) in [7, 11) is 0. The quantitative estimate of drug-likeness (QED) is 0.625. The van der Waals surface area contributed by atoms with Gasteiger partial charge in [0.15, 0.2) is 0 Å². The fraction of sp³-hybridized carbons (Fsp3) is 0.235. The highest BCUT2D eigenvalue weighted by Gasteiger charge is 2.04. The topological polar surface area (TPSA) is 33.6 Å². The number of nitrogens with zero attached hydrogens (tertiary/aromatic N) is 1. The van der Waals surface area contributed by atoms with Crippen LogP contribution in [0.5, 0.6) is 5.75 Å². The molecule has 0 saturated heterocycles. The maximum Gasteiger partial charge on any atom is 0.128 e. The van der Waals surface area contributed by atoms with Crippen LogP contribution >= 0.6 is 0 Å². The van der Waals surface area contributed by atoms with Crippen molar-refractivity contribution in [2.75, 3.05) is 5.43 Å². The van der Waals surface area contributed by atoms with Crippen LogP contribution in [-0.4, -0.2) is 12.3 Å². The normalized spacial score (nSPS) is 12.3. The van der Waals surface area contributed by atoms with Crippen LogP contribution < -0.4 is 10.2 Å². The Morgan fingerprint density at radius 2 is 1.80 bits per heavy atom. The van der Waals surface area contributed by atoms with Gasteiger partial charge in [-0.2, -0.15) is 5.10 Å². The third kappa shape index (κ3) is 4.12. The first-order valence-electron chi connectivity index (χ1n) is 6.89. The van der Waals surface area contributed by atoms with Crippen LogP contribution in [0, 0.1) is 0 Å². The lowest BCUT2D eigenvalue weighted by Gasteiger charge is -2.14. The van der Waals surface area contributed by atoms with Gasteiger partial charge in [-0.25, -0.2) is 0 Å². The molecule has 1 N–H and O–H groups in total. The fourth-order valence-corrected chi connectivity index (χ4v) is 1.68. The van der Waals surface area contributed by atoms with Gasteiger partial charge in [-0.05, 0) is 37.6 Å². The monoisotopic (exact) mass is 268 g/mol. The summed E-state index contributed by atoms with van der Waals surface area (Å²) in [5.74, 6) is 0.862. The first kappa shape index (κ1) is 14.1.